The summed E-state index contributed by atoms with van der Waals surface area (Å²) in [5.74, 6) is 0.450. The molecule has 2 atom stereocenters. The van der Waals surface area contributed by atoms with Crippen molar-refractivity contribution >= 4 is 5.91 Å². The van der Waals surface area contributed by atoms with Gasteiger partial charge in [0.1, 0.15) is 18.1 Å². The molecule has 3 rings (SSSR count). The smallest absolute Gasteiger partial charge is 0.254 e. The van der Waals surface area contributed by atoms with Crippen molar-refractivity contribution in [3.8, 4) is 0 Å². The number of carbonyl (C=O) groups is 1. The molecule has 2 unspecified atom stereocenters. The van der Waals surface area contributed by atoms with Gasteiger partial charge in [0.25, 0.3) is 5.91 Å². The first-order valence-electron chi connectivity index (χ1n) is 7.94. The number of benzene rings is 1. The van der Waals surface area contributed by atoms with E-state index in [9.17, 15) is 4.79 Å². The maximum Gasteiger partial charge on any atom is 0.254 e. The predicted octanol–water partition coefficient (Wildman–Crippen LogP) is 2.70. The molecule has 1 fully saturated rings. The summed E-state index contributed by atoms with van der Waals surface area (Å²) in [4.78, 5) is 12.4. The number of aryl methyl sites for hydroxylation is 1. The molecule has 0 saturated carbocycles. The lowest BCUT2D eigenvalue weighted by atomic mass is 9.95. The van der Waals surface area contributed by atoms with Gasteiger partial charge in [0.15, 0.2) is 0 Å². The van der Waals surface area contributed by atoms with Crippen LogP contribution in [0.25, 0.3) is 0 Å². The van der Waals surface area contributed by atoms with Gasteiger partial charge in [-0.05, 0) is 31.4 Å². The molecule has 5 nitrogen and oxygen atoms in total. The Morgan fingerprint density at radius 3 is 2.83 bits per heavy atom. The molecule has 1 aliphatic heterocycles. The van der Waals surface area contributed by atoms with Crippen LogP contribution in [-0.4, -0.2) is 18.6 Å². The van der Waals surface area contributed by atoms with Gasteiger partial charge in [0.05, 0.1) is 18.2 Å². The van der Waals surface area contributed by atoms with E-state index in [2.05, 4.69) is 36.5 Å². The van der Waals surface area contributed by atoms with Crippen molar-refractivity contribution in [3.05, 3.63) is 59.0 Å². The Hall–Kier alpha value is -2.11. The third-order valence-corrected chi connectivity index (χ3v) is 4.16. The van der Waals surface area contributed by atoms with Crippen molar-refractivity contribution < 1.29 is 13.9 Å². The molecular weight excluding hydrogens is 292 g/mol. The van der Waals surface area contributed by atoms with Gasteiger partial charge in [-0.1, -0.05) is 29.8 Å². The SMILES string of the molecule is Cc1ccc(C2OCCCC2NC(=O)c2coc(CN)c2)cc1. The number of furan rings is 1. The van der Waals surface area contributed by atoms with Crippen LogP contribution in [0.1, 0.15) is 46.2 Å². The van der Waals surface area contributed by atoms with Crippen LogP contribution in [0.2, 0.25) is 0 Å². The highest BCUT2D eigenvalue weighted by Crippen LogP contribution is 2.29. The quantitative estimate of drug-likeness (QED) is 0.909. The molecule has 0 bridgehead atoms. The molecule has 3 N–H and O–H groups in total. The second-order valence-electron chi connectivity index (χ2n) is 5.93. The van der Waals surface area contributed by atoms with E-state index in [1.807, 2.05) is 0 Å². The fourth-order valence-electron chi connectivity index (χ4n) is 2.87. The Kier molecular flexibility index (Phi) is 4.79. The van der Waals surface area contributed by atoms with E-state index in [4.69, 9.17) is 14.9 Å². The minimum Gasteiger partial charge on any atom is -0.467 e. The van der Waals surface area contributed by atoms with Gasteiger partial charge >= 0.3 is 0 Å². The van der Waals surface area contributed by atoms with Crippen molar-refractivity contribution in [2.24, 2.45) is 5.73 Å². The number of nitrogens with two attached hydrogens (primary N) is 1. The number of nitrogens with one attached hydrogen (secondary N) is 1. The maximum atomic E-state index is 12.4. The van der Waals surface area contributed by atoms with Gasteiger partial charge in [0.2, 0.25) is 0 Å². The van der Waals surface area contributed by atoms with Gasteiger partial charge in [-0.25, -0.2) is 0 Å². The molecule has 1 aromatic heterocycles. The summed E-state index contributed by atoms with van der Waals surface area (Å²) in [6, 6.07) is 9.89. The molecule has 2 aromatic rings. The number of hydrogen-bond donors (Lipinski definition) is 2. The van der Waals surface area contributed by atoms with Crippen LogP contribution < -0.4 is 11.1 Å². The molecular formula is C18H22N2O3. The first kappa shape index (κ1) is 15.8. The zero-order valence-electron chi connectivity index (χ0n) is 13.2. The fraction of sp³-hybridized carbons (Fsp3) is 0.389. The normalized spacial score (nSPS) is 21.1. The molecule has 0 spiro atoms. The molecule has 23 heavy (non-hydrogen) atoms. The Labute approximate surface area is 135 Å². The van der Waals surface area contributed by atoms with Crippen LogP contribution in [0.4, 0.5) is 0 Å². The van der Waals surface area contributed by atoms with Gasteiger partial charge in [-0.15, -0.1) is 0 Å². The van der Waals surface area contributed by atoms with Gasteiger partial charge in [0, 0.05) is 6.61 Å². The highest BCUT2D eigenvalue weighted by molar-refractivity contribution is 5.94. The van der Waals surface area contributed by atoms with Gasteiger partial charge in [-0.3, -0.25) is 4.79 Å². The Morgan fingerprint density at radius 2 is 2.13 bits per heavy atom. The molecule has 1 saturated heterocycles. The van der Waals surface area contributed by atoms with E-state index in [1.165, 1.54) is 11.8 Å². The summed E-state index contributed by atoms with van der Waals surface area (Å²) in [6.07, 6.45) is 3.16. The lowest BCUT2D eigenvalue weighted by Crippen LogP contribution is -2.42. The third kappa shape index (κ3) is 3.63. The summed E-state index contributed by atoms with van der Waals surface area (Å²) in [5.41, 5.74) is 8.31. The molecule has 1 aromatic carbocycles. The average Bonchev–Trinajstić information content (AvgIpc) is 3.05. The average molecular weight is 314 g/mol. The van der Waals surface area contributed by atoms with Crippen molar-refractivity contribution in [2.75, 3.05) is 6.61 Å². The lowest BCUT2D eigenvalue weighted by Gasteiger charge is -2.32. The standard InChI is InChI=1S/C18H22N2O3/c1-12-4-6-13(7-5-12)17-16(3-2-8-22-17)20-18(21)14-9-15(10-19)23-11-14/h4-7,9,11,16-17H,2-3,8,10,19H2,1H3,(H,20,21). The number of rotatable bonds is 4. The van der Waals surface area contributed by atoms with E-state index in [-0.39, 0.29) is 24.6 Å². The van der Waals surface area contributed by atoms with Crippen LogP contribution in [-0.2, 0) is 11.3 Å². The van der Waals surface area contributed by atoms with Crippen LogP contribution in [0.5, 0.6) is 0 Å². The van der Waals surface area contributed by atoms with Crippen LogP contribution in [0.15, 0.2) is 41.0 Å². The van der Waals surface area contributed by atoms with E-state index < -0.39 is 0 Å². The summed E-state index contributed by atoms with van der Waals surface area (Å²) >= 11 is 0. The number of ether oxygens (including phenoxy) is 1. The molecule has 1 aliphatic rings. The number of amides is 1. The molecule has 5 heteroatoms. The zero-order chi connectivity index (χ0) is 16.2. The van der Waals surface area contributed by atoms with Crippen LogP contribution in [0, 0.1) is 6.92 Å². The van der Waals surface area contributed by atoms with Crippen molar-refractivity contribution in [1.29, 1.82) is 0 Å². The van der Waals surface area contributed by atoms with E-state index in [1.54, 1.807) is 6.07 Å². The first-order chi connectivity index (χ1) is 11.2. The van der Waals surface area contributed by atoms with Crippen molar-refractivity contribution in [1.82, 2.24) is 5.32 Å². The summed E-state index contributed by atoms with van der Waals surface area (Å²) < 4.78 is 11.2. The van der Waals surface area contributed by atoms with E-state index in [0.29, 0.717) is 17.9 Å². The van der Waals surface area contributed by atoms with E-state index >= 15 is 0 Å². The lowest BCUT2D eigenvalue weighted by molar-refractivity contribution is -0.00947. The van der Waals surface area contributed by atoms with Gasteiger partial charge in [-0.2, -0.15) is 0 Å². The first-order valence-corrected chi connectivity index (χ1v) is 7.94. The third-order valence-electron chi connectivity index (χ3n) is 4.16. The highest BCUT2D eigenvalue weighted by atomic mass is 16.5. The fourth-order valence-corrected chi connectivity index (χ4v) is 2.87. The van der Waals surface area contributed by atoms with Crippen molar-refractivity contribution in [3.63, 3.8) is 0 Å². The minimum absolute atomic E-state index is 0.0461. The second kappa shape index (κ2) is 6.98. The summed E-state index contributed by atoms with van der Waals surface area (Å²) in [5, 5.41) is 3.07. The monoisotopic (exact) mass is 314 g/mol. The van der Waals surface area contributed by atoms with Gasteiger partial charge < -0.3 is 20.2 Å². The Balaban J connectivity index is 1.73. The van der Waals surface area contributed by atoms with Crippen LogP contribution >= 0.6 is 0 Å². The maximum absolute atomic E-state index is 12.4. The largest absolute Gasteiger partial charge is 0.467 e. The molecule has 0 aliphatic carbocycles. The highest BCUT2D eigenvalue weighted by Gasteiger charge is 2.29. The second-order valence-corrected chi connectivity index (χ2v) is 5.93. The molecule has 122 valence electrons. The Morgan fingerprint density at radius 1 is 1.35 bits per heavy atom. The summed E-state index contributed by atoms with van der Waals surface area (Å²) in [6.45, 7) is 3.05. The molecule has 2 heterocycles. The summed E-state index contributed by atoms with van der Waals surface area (Å²) in [7, 11) is 0. The van der Waals surface area contributed by atoms with Crippen LogP contribution in [0.3, 0.4) is 0 Å². The topological polar surface area (TPSA) is 77.5 Å². The number of carbonyl (C=O) groups excluding carboxylic acids is 1. The van der Waals surface area contributed by atoms with E-state index in [0.717, 1.165) is 18.4 Å². The molecule has 1 amide bonds. The number of hydrogen-bond acceptors (Lipinski definition) is 4. The Bertz CT molecular complexity index is 663. The molecule has 0 radical (unpaired) electrons. The van der Waals surface area contributed by atoms with Crippen molar-refractivity contribution in [2.45, 2.75) is 38.5 Å². The zero-order valence-corrected chi connectivity index (χ0v) is 13.2. The predicted molar refractivity (Wildman–Crippen MR) is 87.0 cm³/mol. The minimum atomic E-state index is -0.152.